The van der Waals surface area contributed by atoms with Gasteiger partial charge in [0.15, 0.2) is 0 Å². The molecular formula is C19H29N3O3. The van der Waals surface area contributed by atoms with Gasteiger partial charge in [0.05, 0.1) is 19.8 Å². The van der Waals surface area contributed by atoms with E-state index in [1.165, 1.54) is 12.5 Å². The zero-order chi connectivity index (χ0) is 17.5. The number of hydrogen-bond acceptors (Lipinski definition) is 5. The second-order valence-electron chi connectivity index (χ2n) is 6.85. The molecule has 2 unspecified atom stereocenters. The van der Waals surface area contributed by atoms with Crippen molar-refractivity contribution in [3.8, 4) is 0 Å². The molecule has 3 rings (SSSR count). The predicted octanol–water partition coefficient (Wildman–Crippen LogP) is 1.47. The number of carbonyl (C=O) groups excluding carboxylic acids is 1. The summed E-state index contributed by atoms with van der Waals surface area (Å²) in [5, 5.41) is 6.41. The summed E-state index contributed by atoms with van der Waals surface area (Å²) in [6.45, 7) is 8.74. The van der Waals surface area contributed by atoms with E-state index in [0.29, 0.717) is 12.0 Å². The zero-order valence-electron chi connectivity index (χ0n) is 15.0. The number of hydrogen-bond donors (Lipinski definition) is 2. The molecule has 0 bridgehead atoms. The highest BCUT2D eigenvalue weighted by Gasteiger charge is 2.31. The van der Waals surface area contributed by atoms with Gasteiger partial charge in [-0.1, -0.05) is 12.1 Å². The molecule has 25 heavy (non-hydrogen) atoms. The average molecular weight is 347 g/mol. The van der Waals surface area contributed by atoms with Crippen LogP contribution in [0.15, 0.2) is 24.3 Å². The van der Waals surface area contributed by atoms with E-state index >= 15 is 0 Å². The number of morpholine rings is 1. The van der Waals surface area contributed by atoms with Gasteiger partial charge in [-0.2, -0.15) is 0 Å². The SMILES string of the molecule is CC(=O)Nc1ccc(CNCC(C2CCOC2)N2CCOCC2)cc1. The Labute approximate surface area is 149 Å². The molecule has 2 aliphatic rings. The largest absolute Gasteiger partial charge is 0.381 e. The fraction of sp³-hybridized carbons (Fsp3) is 0.632. The van der Waals surface area contributed by atoms with Crippen LogP contribution < -0.4 is 10.6 Å². The standard InChI is InChI=1S/C19H29N3O3/c1-15(23)21-18-4-2-16(3-5-18)12-20-13-19(17-6-9-25-14-17)22-7-10-24-11-8-22/h2-5,17,19-20H,6-14H2,1H3,(H,21,23). The lowest BCUT2D eigenvalue weighted by atomic mass is 9.96. The molecule has 0 radical (unpaired) electrons. The number of rotatable bonds is 7. The number of ether oxygens (including phenoxy) is 2. The first-order chi connectivity index (χ1) is 12.2. The van der Waals surface area contributed by atoms with Crippen LogP contribution in [0.3, 0.4) is 0 Å². The molecule has 2 heterocycles. The summed E-state index contributed by atoms with van der Waals surface area (Å²) in [7, 11) is 0. The minimum absolute atomic E-state index is 0.0435. The summed E-state index contributed by atoms with van der Waals surface area (Å²) >= 11 is 0. The molecule has 2 saturated heterocycles. The van der Waals surface area contributed by atoms with Gasteiger partial charge in [-0.3, -0.25) is 9.69 Å². The Hall–Kier alpha value is -1.47. The Morgan fingerprint density at radius 3 is 2.60 bits per heavy atom. The van der Waals surface area contributed by atoms with Crippen LogP contribution in [0.25, 0.3) is 0 Å². The normalized spacial score (nSPS) is 22.7. The zero-order valence-corrected chi connectivity index (χ0v) is 15.0. The van der Waals surface area contributed by atoms with Crippen molar-refractivity contribution in [3.05, 3.63) is 29.8 Å². The van der Waals surface area contributed by atoms with E-state index in [-0.39, 0.29) is 5.91 Å². The first kappa shape index (κ1) is 18.3. The third kappa shape index (κ3) is 5.51. The molecule has 0 aromatic heterocycles. The smallest absolute Gasteiger partial charge is 0.221 e. The van der Waals surface area contributed by atoms with E-state index in [1.807, 2.05) is 12.1 Å². The van der Waals surface area contributed by atoms with Crippen LogP contribution in [0.5, 0.6) is 0 Å². The van der Waals surface area contributed by atoms with Gasteiger partial charge in [0.2, 0.25) is 5.91 Å². The topological polar surface area (TPSA) is 62.8 Å². The van der Waals surface area contributed by atoms with Crippen molar-refractivity contribution in [2.45, 2.75) is 25.9 Å². The minimum Gasteiger partial charge on any atom is -0.381 e. The first-order valence-electron chi connectivity index (χ1n) is 9.19. The lowest BCUT2D eigenvalue weighted by Crippen LogP contribution is -2.51. The number of nitrogens with zero attached hydrogens (tertiary/aromatic N) is 1. The molecule has 6 nitrogen and oxygen atoms in total. The van der Waals surface area contributed by atoms with Crippen LogP contribution in [0.4, 0.5) is 5.69 Å². The molecule has 2 fully saturated rings. The van der Waals surface area contributed by atoms with Gasteiger partial charge in [0.25, 0.3) is 0 Å². The molecule has 1 amide bonds. The van der Waals surface area contributed by atoms with Crippen molar-refractivity contribution in [2.75, 3.05) is 51.4 Å². The molecule has 6 heteroatoms. The van der Waals surface area contributed by atoms with Crippen molar-refractivity contribution < 1.29 is 14.3 Å². The fourth-order valence-electron chi connectivity index (χ4n) is 3.63. The van der Waals surface area contributed by atoms with Crippen LogP contribution >= 0.6 is 0 Å². The van der Waals surface area contributed by atoms with Crippen LogP contribution in [0.1, 0.15) is 18.9 Å². The monoisotopic (exact) mass is 347 g/mol. The Kier molecular flexibility index (Phi) is 6.81. The first-order valence-corrected chi connectivity index (χ1v) is 9.19. The van der Waals surface area contributed by atoms with Crippen LogP contribution in [0.2, 0.25) is 0 Å². The van der Waals surface area contributed by atoms with Crippen molar-refractivity contribution in [2.24, 2.45) is 5.92 Å². The van der Waals surface area contributed by atoms with Gasteiger partial charge in [0, 0.05) is 57.4 Å². The Morgan fingerprint density at radius 2 is 1.96 bits per heavy atom. The highest BCUT2D eigenvalue weighted by Crippen LogP contribution is 2.22. The third-order valence-electron chi connectivity index (χ3n) is 4.98. The molecule has 1 aromatic rings. The van der Waals surface area contributed by atoms with Crippen LogP contribution in [0, 0.1) is 5.92 Å². The summed E-state index contributed by atoms with van der Waals surface area (Å²) in [5.41, 5.74) is 2.06. The maximum Gasteiger partial charge on any atom is 0.221 e. The molecule has 0 saturated carbocycles. The summed E-state index contributed by atoms with van der Waals surface area (Å²) in [4.78, 5) is 13.6. The number of anilines is 1. The van der Waals surface area contributed by atoms with Gasteiger partial charge in [-0.15, -0.1) is 0 Å². The maximum atomic E-state index is 11.1. The maximum absolute atomic E-state index is 11.1. The Balaban J connectivity index is 1.51. The third-order valence-corrected chi connectivity index (χ3v) is 4.98. The van der Waals surface area contributed by atoms with Gasteiger partial charge in [-0.25, -0.2) is 0 Å². The fourth-order valence-corrected chi connectivity index (χ4v) is 3.63. The van der Waals surface area contributed by atoms with Gasteiger partial charge < -0.3 is 20.1 Å². The van der Waals surface area contributed by atoms with Crippen LogP contribution in [-0.4, -0.2) is 62.9 Å². The number of benzene rings is 1. The molecule has 2 N–H and O–H groups in total. The summed E-state index contributed by atoms with van der Waals surface area (Å²) in [5.74, 6) is 0.561. The van der Waals surface area contributed by atoms with Crippen molar-refractivity contribution in [3.63, 3.8) is 0 Å². The molecule has 2 atom stereocenters. The van der Waals surface area contributed by atoms with E-state index in [0.717, 1.165) is 64.7 Å². The van der Waals surface area contributed by atoms with E-state index in [1.54, 1.807) is 0 Å². The van der Waals surface area contributed by atoms with Gasteiger partial charge in [0.1, 0.15) is 0 Å². The van der Waals surface area contributed by atoms with Crippen molar-refractivity contribution >= 4 is 11.6 Å². The predicted molar refractivity (Wildman–Crippen MR) is 97.6 cm³/mol. The highest BCUT2D eigenvalue weighted by atomic mass is 16.5. The quantitative estimate of drug-likeness (QED) is 0.782. The van der Waals surface area contributed by atoms with Crippen molar-refractivity contribution in [1.29, 1.82) is 0 Å². The summed E-state index contributed by atoms with van der Waals surface area (Å²) in [6, 6.07) is 8.51. The Bertz CT molecular complexity index is 537. The highest BCUT2D eigenvalue weighted by molar-refractivity contribution is 5.88. The van der Waals surface area contributed by atoms with Crippen LogP contribution in [-0.2, 0) is 20.8 Å². The van der Waals surface area contributed by atoms with Gasteiger partial charge >= 0.3 is 0 Å². The molecular weight excluding hydrogens is 318 g/mol. The molecule has 0 aliphatic carbocycles. The number of nitrogens with one attached hydrogen (secondary N) is 2. The minimum atomic E-state index is -0.0435. The average Bonchev–Trinajstić information content (AvgIpc) is 3.15. The second kappa shape index (κ2) is 9.29. The van der Waals surface area contributed by atoms with E-state index in [2.05, 4.69) is 27.7 Å². The van der Waals surface area contributed by atoms with E-state index in [9.17, 15) is 4.79 Å². The lowest BCUT2D eigenvalue weighted by Gasteiger charge is -2.37. The number of carbonyl (C=O) groups is 1. The summed E-state index contributed by atoms with van der Waals surface area (Å²) < 4.78 is 11.1. The van der Waals surface area contributed by atoms with E-state index in [4.69, 9.17) is 9.47 Å². The van der Waals surface area contributed by atoms with Gasteiger partial charge in [-0.05, 0) is 24.1 Å². The molecule has 2 aliphatic heterocycles. The molecule has 1 aromatic carbocycles. The lowest BCUT2D eigenvalue weighted by molar-refractivity contribution is -0.114. The van der Waals surface area contributed by atoms with Crippen molar-refractivity contribution in [1.82, 2.24) is 10.2 Å². The second-order valence-corrected chi connectivity index (χ2v) is 6.85. The molecule has 0 spiro atoms. The number of amides is 1. The molecule has 138 valence electrons. The Morgan fingerprint density at radius 1 is 1.20 bits per heavy atom. The summed E-state index contributed by atoms with van der Waals surface area (Å²) in [6.07, 6.45) is 1.15. The van der Waals surface area contributed by atoms with E-state index < -0.39 is 0 Å².